The van der Waals surface area contributed by atoms with Gasteiger partial charge < -0.3 is 16.2 Å². The third-order valence-corrected chi connectivity index (χ3v) is 3.04. The number of nitrogens with one attached hydrogen (secondary N) is 1. The van der Waals surface area contributed by atoms with Gasteiger partial charge in [-0.25, -0.2) is 0 Å². The molecule has 1 unspecified atom stereocenters. The SMILES string of the molecule is Cc1cccc(C(=O)NCCCC(C)CO)c1N. The maximum absolute atomic E-state index is 11.9. The first kappa shape index (κ1) is 14.5. The maximum atomic E-state index is 11.9. The summed E-state index contributed by atoms with van der Waals surface area (Å²) in [7, 11) is 0. The molecule has 1 atom stereocenters. The Bertz CT molecular complexity index is 405. The van der Waals surface area contributed by atoms with Gasteiger partial charge in [0.15, 0.2) is 0 Å². The van der Waals surface area contributed by atoms with Gasteiger partial charge in [-0.15, -0.1) is 0 Å². The van der Waals surface area contributed by atoms with E-state index in [9.17, 15) is 4.79 Å². The molecule has 1 aromatic rings. The van der Waals surface area contributed by atoms with E-state index in [0.717, 1.165) is 18.4 Å². The largest absolute Gasteiger partial charge is 0.398 e. The molecule has 1 rings (SSSR count). The second-order valence-electron chi connectivity index (χ2n) is 4.72. The molecule has 0 saturated heterocycles. The molecule has 100 valence electrons. The number of aliphatic hydroxyl groups excluding tert-OH is 1. The Labute approximate surface area is 108 Å². The smallest absolute Gasteiger partial charge is 0.253 e. The molecule has 4 nitrogen and oxygen atoms in total. The molecule has 0 saturated carbocycles. The highest BCUT2D eigenvalue weighted by molar-refractivity contribution is 5.99. The second kappa shape index (κ2) is 7.01. The van der Waals surface area contributed by atoms with E-state index in [1.165, 1.54) is 0 Å². The van der Waals surface area contributed by atoms with Crippen LogP contribution in [0.5, 0.6) is 0 Å². The normalized spacial score (nSPS) is 12.2. The molecular formula is C14H22N2O2. The van der Waals surface area contributed by atoms with Gasteiger partial charge in [-0.1, -0.05) is 19.1 Å². The highest BCUT2D eigenvalue weighted by atomic mass is 16.3. The molecule has 4 heteroatoms. The topological polar surface area (TPSA) is 75.3 Å². The third kappa shape index (κ3) is 4.04. The summed E-state index contributed by atoms with van der Waals surface area (Å²) in [4.78, 5) is 11.9. The van der Waals surface area contributed by atoms with Crippen molar-refractivity contribution in [2.75, 3.05) is 18.9 Å². The Morgan fingerprint density at radius 1 is 1.50 bits per heavy atom. The number of benzene rings is 1. The van der Waals surface area contributed by atoms with Gasteiger partial charge in [0.1, 0.15) is 0 Å². The van der Waals surface area contributed by atoms with E-state index >= 15 is 0 Å². The van der Waals surface area contributed by atoms with Crippen LogP contribution in [-0.2, 0) is 0 Å². The molecule has 0 aromatic heterocycles. The van der Waals surface area contributed by atoms with Gasteiger partial charge in [-0.3, -0.25) is 4.79 Å². The van der Waals surface area contributed by atoms with E-state index < -0.39 is 0 Å². The number of aliphatic hydroxyl groups is 1. The summed E-state index contributed by atoms with van der Waals surface area (Å²) in [6.45, 7) is 4.67. The van der Waals surface area contributed by atoms with Crippen molar-refractivity contribution in [3.63, 3.8) is 0 Å². The summed E-state index contributed by atoms with van der Waals surface area (Å²) in [5, 5.41) is 11.7. The van der Waals surface area contributed by atoms with Crippen LogP contribution in [0.2, 0.25) is 0 Å². The molecule has 0 aliphatic rings. The fraction of sp³-hybridized carbons (Fsp3) is 0.500. The molecule has 4 N–H and O–H groups in total. The number of para-hydroxylation sites is 1. The Morgan fingerprint density at radius 3 is 2.89 bits per heavy atom. The standard InChI is InChI=1S/C14H22N2O2/c1-10(9-17)5-4-8-16-14(18)12-7-3-6-11(2)13(12)15/h3,6-7,10,17H,4-5,8-9,15H2,1-2H3,(H,16,18). The van der Waals surface area contributed by atoms with Crippen molar-refractivity contribution < 1.29 is 9.90 Å². The zero-order valence-electron chi connectivity index (χ0n) is 11.1. The van der Waals surface area contributed by atoms with Crippen LogP contribution < -0.4 is 11.1 Å². The first-order chi connectivity index (χ1) is 8.56. The summed E-state index contributed by atoms with van der Waals surface area (Å²) in [5.74, 6) is 0.152. The minimum Gasteiger partial charge on any atom is -0.398 e. The van der Waals surface area contributed by atoms with Crippen LogP contribution in [-0.4, -0.2) is 24.2 Å². The first-order valence-corrected chi connectivity index (χ1v) is 6.30. The number of rotatable bonds is 6. The van der Waals surface area contributed by atoms with E-state index in [-0.39, 0.29) is 18.4 Å². The average Bonchev–Trinajstić information content (AvgIpc) is 2.37. The molecule has 0 radical (unpaired) electrons. The Kier molecular flexibility index (Phi) is 5.65. The van der Waals surface area contributed by atoms with Crippen molar-refractivity contribution in [1.29, 1.82) is 0 Å². The fourth-order valence-corrected chi connectivity index (χ4v) is 1.72. The van der Waals surface area contributed by atoms with E-state index in [4.69, 9.17) is 10.8 Å². The van der Waals surface area contributed by atoms with Crippen LogP contribution in [0.15, 0.2) is 18.2 Å². The van der Waals surface area contributed by atoms with Gasteiger partial charge in [0.25, 0.3) is 5.91 Å². The second-order valence-corrected chi connectivity index (χ2v) is 4.72. The van der Waals surface area contributed by atoms with Crippen molar-refractivity contribution in [2.45, 2.75) is 26.7 Å². The van der Waals surface area contributed by atoms with Crippen LogP contribution in [0.25, 0.3) is 0 Å². The van der Waals surface area contributed by atoms with E-state index in [0.29, 0.717) is 17.8 Å². The molecule has 0 bridgehead atoms. The van der Waals surface area contributed by atoms with Crippen LogP contribution >= 0.6 is 0 Å². The summed E-state index contributed by atoms with van der Waals surface area (Å²) < 4.78 is 0. The zero-order valence-corrected chi connectivity index (χ0v) is 11.1. The van der Waals surface area contributed by atoms with Gasteiger partial charge in [0.2, 0.25) is 0 Å². The van der Waals surface area contributed by atoms with Crippen LogP contribution in [0, 0.1) is 12.8 Å². The summed E-state index contributed by atoms with van der Waals surface area (Å²) in [5.41, 5.74) is 7.85. The summed E-state index contributed by atoms with van der Waals surface area (Å²) >= 11 is 0. The van der Waals surface area contributed by atoms with E-state index in [1.54, 1.807) is 6.07 Å². The van der Waals surface area contributed by atoms with Crippen LogP contribution in [0.4, 0.5) is 5.69 Å². The third-order valence-electron chi connectivity index (χ3n) is 3.04. The molecule has 0 aliphatic heterocycles. The lowest BCUT2D eigenvalue weighted by molar-refractivity contribution is 0.0953. The Balaban J connectivity index is 2.44. The molecule has 0 aliphatic carbocycles. The van der Waals surface area contributed by atoms with Crippen molar-refractivity contribution in [3.05, 3.63) is 29.3 Å². The van der Waals surface area contributed by atoms with Crippen molar-refractivity contribution in [3.8, 4) is 0 Å². The number of nitrogens with two attached hydrogens (primary N) is 1. The molecule has 1 amide bonds. The number of anilines is 1. The lowest BCUT2D eigenvalue weighted by atomic mass is 10.1. The number of carbonyl (C=O) groups is 1. The number of hydrogen-bond acceptors (Lipinski definition) is 3. The van der Waals surface area contributed by atoms with Gasteiger partial charge in [0.05, 0.1) is 5.56 Å². The monoisotopic (exact) mass is 250 g/mol. The number of amides is 1. The Hall–Kier alpha value is -1.55. The predicted octanol–water partition coefficient (Wildman–Crippen LogP) is 1.72. The van der Waals surface area contributed by atoms with Gasteiger partial charge in [-0.05, 0) is 37.3 Å². The quantitative estimate of drug-likeness (QED) is 0.531. The van der Waals surface area contributed by atoms with E-state index in [2.05, 4.69) is 5.32 Å². The van der Waals surface area contributed by atoms with Gasteiger partial charge in [0, 0.05) is 18.8 Å². The Morgan fingerprint density at radius 2 is 2.22 bits per heavy atom. The molecule has 0 fully saturated rings. The number of nitrogen functional groups attached to an aromatic ring is 1. The molecule has 1 aromatic carbocycles. The lowest BCUT2D eigenvalue weighted by Gasteiger charge is -2.10. The van der Waals surface area contributed by atoms with Gasteiger partial charge >= 0.3 is 0 Å². The zero-order chi connectivity index (χ0) is 13.5. The van der Waals surface area contributed by atoms with Crippen LogP contribution in [0.1, 0.15) is 35.7 Å². The minimum atomic E-state index is -0.132. The maximum Gasteiger partial charge on any atom is 0.253 e. The molecule has 0 heterocycles. The number of aryl methyl sites for hydroxylation is 1. The first-order valence-electron chi connectivity index (χ1n) is 6.30. The van der Waals surface area contributed by atoms with Crippen molar-refractivity contribution in [2.24, 2.45) is 5.92 Å². The van der Waals surface area contributed by atoms with Gasteiger partial charge in [-0.2, -0.15) is 0 Å². The predicted molar refractivity (Wildman–Crippen MR) is 73.4 cm³/mol. The average molecular weight is 250 g/mol. The van der Waals surface area contributed by atoms with Crippen LogP contribution in [0.3, 0.4) is 0 Å². The highest BCUT2D eigenvalue weighted by Gasteiger charge is 2.10. The molecule has 0 spiro atoms. The fourth-order valence-electron chi connectivity index (χ4n) is 1.72. The molecular weight excluding hydrogens is 228 g/mol. The molecule has 18 heavy (non-hydrogen) atoms. The summed E-state index contributed by atoms with van der Waals surface area (Å²) in [6, 6.07) is 5.44. The summed E-state index contributed by atoms with van der Waals surface area (Å²) in [6.07, 6.45) is 1.76. The van der Waals surface area contributed by atoms with E-state index in [1.807, 2.05) is 26.0 Å². The van der Waals surface area contributed by atoms with Crippen molar-refractivity contribution in [1.82, 2.24) is 5.32 Å². The lowest BCUT2D eigenvalue weighted by Crippen LogP contribution is -2.26. The number of carbonyl (C=O) groups excluding carboxylic acids is 1. The highest BCUT2D eigenvalue weighted by Crippen LogP contribution is 2.16. The van der Waals surface area contributed by atoms with Crippen molar-refractivity contribution >= 4 is 11.6 Å². The number of hydrogen-bond donors (Lipinski definition) is 3. The minimum absolute atomic E-state index is 0.132.